The van der Waals surface area contributed by atoms with Gasteiger partial charge >= 0.3 is 5.97 Å². The fraction of sp³-hybridized carbons (Fsp3) is 0.267. The van der Waals surface area contributed by atoms with Crippen LogP contribution in [0.4, 0.5) is 5.00 Å². The zero-order valence-corrected chi connectivity index (χ0v) is 13.6. The Morgan fingerprint density at radius 1 is 1.30 bits per heavy atom. The molecule has 0 saturated carbocycles. The molecule has 23 heavy (non-hydrogen) atoms. The zero-order valence-electron chi connectivity index (χ0n) is 12.8. The first-order valence-corrected chi connectivity index (χ1v) is 7.57. The number of amides is 1. The number of carbonyl (C=O) groups is 2. The smallest absolute Gasteiger partial charge is 0.343 e. The van der Waals surface area contributed by atoms with Gasteiger partial charge in [0.2, 0.25) is 0 Å². The first kappa shape index (κ1) is 16.8. The van der Waals surface area contributed by atoms with Crippen LogP contribution in [-0.4, -0.2) is 30.0 Å². The Kier molecular flexibility index (Phi) is 5.53. The summed E-state index contributed by atoms with van der Waals surface area (Å²) in [7, 11) is 1.59. The van der Waals surface area contributed by atoms with Gasteiger partial charge in [0.05, 0.1) is 12.8 Å². The van der Waals surface area contributed by atoms with Crippen LogP contribution >= 0.6 is 11.5 Å². The van der Waals surface area contributed by atoms with Gasteiger partial charge in [-0.1, -0.05) is 12.1 Å². The third-order valence-corrected chi connectivity index (χ3v) is 3.84. The van der Waals surface area contributed by atoms with Crippen molar-refractivity contribution in [2.24, 2.45) is 0 Å². The number of hydrogen-bond acceptors (Lipinski definition) is 7. The topological polar surface area (TPSA) is 104 Å². The Labute approximate surface area is 137 Å². The number of esters is 1. The molecule has 1 aromatic heterocycles. The molecular weight excluding hydrogens is 318 g/mol. The summed E-state index contributed by atoms with van der Waals surface area (Å²) < 4.78 is 14.0. The number of ether oxygens (including phenoxy) is 2. The quantitative estimate of drug-likeness (QED) is 0.776. The van der Waals surface area contributed by atoms with Crippen molar-refractivity contribution in [1.82, 2.24) is 9.69 Å². The number of aromatic nitrogens is 1. The fourth-order valence-corrected chi connectivity index (χ4v) is 2.48. The van der Waals surface area contributed by atoms with Crippen LogP contribution in [0.15, 0.2) is 24.3 Å². The third-order valence-electron chi connectivity index (χ3n) is 3.08. The predicted molar refractivity (Wildman–Crippen MR) is 86.4 cm³/mol. The second kappa shape index (κ2) is 7.59. The van der Waals surface area contributed by atoms with Crippen molar-refractivity contribution < 1.29 is 19.1 Å². The molecule has 2 aromatic rings. The normalized spacial score (nSPS) is 10.2. The number of nitrogen functional groups attached to an aromatic ring is 1. The van der Waals surface area contributed by atoms with Crippen molar-refractivity contribution in [3.8, 4) is 5.75 Å². The molecule has 0 spiro atoms. The second-order valence-electron chi connectivity index (χ2n) is 4.71. The van der Waals surface area contributed by atoms with Crippen LogP contribution in [0.3, 0.4) is 0 Å². The van der Waals surface area contributed by atoms with E-state index in [1.54, 1.807) is 26.2 Å². The summed E-state index contributed by atoms with van der Waals surface area (Å²) in [5.41, 5.74) is 7.28. The van der Waals surface area contributed by atoms with E-state index in [2.05, 4.69) is 9.69 Å². The molecule has 0 radical (unpaired) electrons. The highest BCUT2D eigenvalue weighted by molar-refractivity contribution is 7.10. The Morgan fingerprint density at radius 2 is 2.00 bits per heavy atom. The lowest BCUT2D eigenvalue weighted by Crippen LogP contribution is -2.28. The maximum Gasteiger partial charge on any atom is 0.343 e. The van der Waals surface area contributed by atoms with E-state index >= 15 is 0 Å². The van der Waals surface area contributed by atoms with Crippen LogP contribution in [0.5, 0.6) is 5.75 Å². The largest absolute Gasteiger partial charge is 0.497 e. The van der Waals surface area contributed by atoms with E-state index in [1.165, 1.54) is 0 Å². The van der Waals surface area contributed by atoms with Gasteiger partial charge in [-0.15, -0.1) is 0 Å². The van der Waals surface area contributed by atoms with Gasteiger partial charge in [0.15, 0.2) is 6.61 Å². The van der Waals surface area contributed by atoms with Gasteiger partial charge in [-0.25, -0.2) is 4.79 Å². The molecule has 0 aliphatic heterocycles. The van der Waals surface area contributed by atoms with Gasteiger partial charge in [-0.2, -0.15) is 4.37 Å². The molecule has 2 rings (SSSR count). The van der Waals surface area contributed by atoms with E-state index in [0.717, 1.165) is 22.8 Å². The Morgan fingerprint density at radius 3 is 2.57 bits per heavy atom. The predicted octanol–water partition coefficient (Wildman–Crippen LogP) is 1.52. The van der Waals surface area contributed by atoms with Crippen molar-refractivity contribution in [2.45, 2.75) is 13.5 Å². The number of nitrogens with two attached hydrogens (primary N) is 1. The maximum absolute atomic E-state index is 11.9. The van der Waals surface area contributed by atoms with Crippen molar-refractivity contribution in [1.29, 1.82) is 0 Å². The average molecular weight is 335 g/mol. The van der Waals surface area contributed by atoms with E-state index in [9.17, 15) is 9.59 Å². The summed E-state index contributed by atoms with van der Waals surface area (Å²) in [5, 5.41) is 2.95. The molecular formula is C15H17N3O4S. The highest BCUT2D eigenvalue weighted by atomic mass is 32.1. The molecule has 8 heteroatoms. The zero-order chi connectivity index (χ0) is 16.8. The number of carbonyl (C=O) groups excluding carboxylic acids is 2. The Bertz CT molecular complexity index is 678. The van der Waals surface area contributed by atoms with Crippen LogP contribution in [0, 0.1) is 6.92 Å². The minimum absolute atomic E-state index is 0.220. The molecule has 0 aliphatic carbocycles. The molecule has 7 nitrogen and oxygen atoms in total. The molecule has 122 valence electrons. The number of nitrogens with one attached hydrogen (secondary N) is 1. The average Bonchev–Trinajstić information content (AvgIpc) is 2.90. The highest BCUT2D eigenvalue weighted by Gasteiger charge is 2.18. The lowest BCUT2D eigenvalue weighted by atomic mass is 10.2. The van der Waals surface area contributed by atoms with E-state index in [0.29, 0.717) is 12.2 Å². The molecule has 0 aliphatic rings. The van der Waals surface area contributed by atoms with E-state index in [1.807, 2.05) is 12.1 Å². The molecule has 1 heterocycles. The van der Waals surface area contributed by atoms with Crippen LogP contribution in [0.25, 0.3) is 0 Å². The van der Waals surface area contributed by atoms with Crippen LogP contribution in [0.1, 0.15) is 21.6 Å². The number of rotatable bonds is 6. The van der Waals surface area contributed by atoms with Crippen molar-refractivity contribution in [3.63, 3.8) is 0 Å². The van der Waals surface area contributed by atoms with Gasteiger partial charge in [-0.05, 0) is 36.2 Å². The summed E-state index contributed by atoms with van der Waals surface area (Å²) in [6, 6.07) is 7.28. The number of anilines is 1. The molecule has 0 atom stereocenters. The number of methoxy groups -OCH3 is 1. The summed E-state index contributed by atoms with van der Waals surface area (Å²) in [4.78, 5) is 23.6. The Hall–Kier alpha value is -2.61. The van der Waals surface area contributed by atoms with Crippen LogP contribution < -0.4 is 15.8 Å². The van der Waals surface area contributed by atoms with E-state index in [-0.39, 0.29) is 17.2 Å². The van der Waals surface area contributed by atoms with Crippen LogP contribution in [0.2, 0.25) is 0 Å². The van der Waals surface area contributed by atoms with E-state index < -0.39 is 11.9 Å². The molecule has 0 fully saturated rings. The molecule has 0 saturated heterocycles. The standard InChI is InChI=1S/C15H17N3O4S/c1-9-13(14(16)23-18-9)15(20)22-8-12(19)17-7-10-3-5-11(21-2)6-4-10/h3-6H,7-8,16H2,1-2H3,(H,17,19). The molecule has 1 aromatic carbocycles. The lowest BCUT2D eigenvalue weighted by Gasteiger charge is -2.07. The minimum atomic E-state index is -0.645. The number of nitrogens with zero attached hydrogens (tertiary/aromatic N) is 1. The Balaban J connectivity index is 1.79. The second-order valence-corrected chi connectivity index (χ2v) is 5.51. The van der Waals surface area contributed by atoms with Gasteiger partial charge in [0.1, 0.15) is 16.3 Å². The number of hydrogen-bond donors (Lipinski definition) is 2. The van der Waals surface area contributed by atoms with Gasteiger partial charge in [0, 0.05) is 6.54 Å². The van der Waals surface area contributed by atoms with Crippen molar-refractivity contribution in [2.75, 3.05) is 19.5 Å². The van der Waals surface area contributed by atoms with Gasteiger partial charge < -0.3 is 20.5 Å². The molecule has 1 amide bonds. The first-order valence-electron chi connectivity index (χ1n) is 6.79. The van der Waals surface area contributed by atoms with Crippen molar-refractivity contribution in [3.05, 3.63) is 41.1 Å². The first-order chi connectivity index (χ1) is 11.0. The van der Waals surface area contributed by atoms with Crippen LogP contribution in [-0.2, 0) is 16.1 Å². The monoisotopic (exact) mass is 335 g/mol. The molecule has 0 bridgehead atoms. The van der Waals surface area contributed by atoms with Gasteiger partial charge in [0.25, 0.3) is 5.91 Å². The molecule has 3 N–H and O–H groups in total. The van der Waals surface area contributed by atoms with Gasteiger partial charge in [-0.3, -0.25) is 4.79 Å². The fourth-order valence-electron chi connectivity index (χ4n) is 1.83. The summed E-state index contributed by atoms with van der Waals surface area (Å²) in [6.45, 7) is 1.62. The summed E-state index contributed by atoms with van der Waals surface area (Å²) in [6.07, 6.45) is 0. The molecule has 0 unspecified atom stereocenters. The SMILES string of the molecule is COc1ccc(CNC(=O)COC(=O)c2c(C)nsc2N)cc1. The minimum Gasteiger partial charge on any atom is -0.497 e. The maximum atomic E-state index is 11.9. The highest BCUT2D eigenvalue weighted by Crippen LogP contribution is 2.21. The van der Waals surface area contributed by atoms with Crippen molar-refractivity contribution >= 4 is 28.4 Å². The number of aryl methyl sites for hydroxylation is 1. The van der Waals surface area contributed by atoms with E-state index in [4.69, 9.17) is 15.2 Å². The lowest BCUT2D eigenvalue weighted by molar-refractivity contribution is -0.124. The summed E-state index contributed by atoms with van der Waals surface area (Å²) in [5.74, 6) is -0.298. The number of benzene rings is 1. The summed E-state index contributed by atoms with van der Waals surface area (Å²) >= 11 is 1.02. The third kappa shape index (κ3) is 4.43.